The Morgan fingerprint density at radius 3 is 2.68 bits per heavy atom. The van der Waals surface area contributed by atoms with Crippen LogP contribution in [0, 0.1) is 0 Å². The van der Waals surface area contributed by atoms with Crippen LogP contribution in [0.1, 0.15) is 20.8 Å². The maximum atomic E-state index is 11.4. The van der Waals surface area contributed by atoms with E-state index in [0.29, 0.717) is 15.9 Å². The average Bonchev–Trinajstić information content (AvgIpc) is 2.86. The van der Waals surface area contributed by atoms with Crippen LogP contribution in [-0.2, 0) is 0 Å². The summed E-state index contributed by atoms with van der Waals surface area (Å²) in [5.74, 6) is -1.29. The molecule has 0 saturated carbocycles. The van der Waals surface area contributed by atoms with Crippen molar-refractivity contribution in [1.82, 2.24) is 15.1 Å². The zero-order valence-corrected chi connectivity index (χ0v) is 11.5. The van der Waals surface area contributed by atoms with Crippen LogP contribution in [0.3, 0.4) is 0 Å². The van der Waals surface area contributed by atoms with Crippen LogP contribution in [-0.4, -0.2) is 33.8 Å². The normalized spacial score (nSPS) is 10.2. The van der Waals surface area contributed by atoms with Crippen molar-refractivity contribution in [2.45, 2.75) is 0 Å². The number of carbonyl (C=O) groups excluding carboxylic acids is 1. The standard InChI is InChI=1S/C12H10BrN3O3/c1-14-11(17)10-4-5-16(15-10)7-2-3-8(12(18)19)9(13)6-7/h2-6H,1H3,(H,14,17)(H,18,19). The van der Waals surface area contributed by atoms with Gasteiger partial charge in [0.2, 0.25) is 0 Å². The molecule has 1 heterocycles. The van der Waals surface area contributed by atoms with E-state index in [1.807, 2.05) is 0 Å². The third-order valence-electron chi connectivity index (χ3n) is 2.50. The van der Waals surface area contributed by atoms with Gasteiger partial charge in [0.05, 0.1) is 11.3 Å². The van der Waals surface area contributed by atoms with Gasteiger partial charge in [-0.1, -0.05) is 0 Å². The molecule has 0 unspecified atom stereocenters. The number of amides is 1. The fourth-order valence-electron chi connectivity index (χ4n) is 1.54. The lowest BCUT2D eigenvalue weighted by Gasteiger charge is -2.04. The number of halogens is 1. The molecule has 0 aliphatic heterocycles. The van der Waals surface area contributed by atoms with Crippen molar-refractivity contribution in [3.05, 3.63) is 46.2 Å². The van der Waals surface area contributed by atoms with E-state index in [4.69, 9.17) is 5.11 Å². The number of carboxylic acid groups (broad SMARTS) is 1. The van der Waals surface area contributed by atoms with E-state index in [0.717, 1.165) is 0 Å². The zero-order valence-electron chi connectivity index (χ0n) is 9.92. The molecule has 98 valence electrons. The number of aromatic nitrogens is 2. The van der Waals surface area contributed by atoms with Gasteiger partial charge in [-0.15, -0.1) is 0 Å². The first-order valence-corrected chi connectivity index (χ1v) is 6.13. The van der Waals surface area contributed by atoms with Crippen LogP contribution >= 0.6 is 15.9 Å². The van der Waals surface area contributed by atoms with E-state index in [-0.39, 0.29) is 11.5 Å². The van der Waals surface area contributed by atoms with Gasteiger partial charge in [-0.25, -0.2) is 9.48 Å². The second kappa shape index (κ2) is 5.23. The third-order valence-corrected chi connectivity index (χ3v) is 3.15. The summed E-state index contributed by atoms with van der Waals surface area (Å²) in [4.78, 5) is 22.3. The highest BCUT2D eigenvalue weighted by Crippen LogP contribution is 2.20. The average molecular weight is 324 g/mol. The maximum Gasteiger partial charge on any atom is 0.336 e. The van der Waals surface area contributed by atoms with Gasteiger partial charge in [0.1, 0.15) is 0 Å². The van der Waals surface area contributed by atoms with E-state index in [9.17, 15) is 9.59 Å². The SMILES string of the molecule is CNC(=O)c1ccn(-c2ccc(C(=O)O)c(Br)c2)n1. The van der Waals surface area contributed by atoms with Crippen LogP contribution in [0.2, 0.25) is 0 Å². The Morgan fingerprint density at radius 2 is 2.11 bits per heavy atom. The van der Waals surface area contributed by atoms with Crippen molar-refractivity contribution in [1.29, 1.82) is 0 Å². The van der Waals surface area contributed by atoms with Crippen molar-refractivity contribution in [3.63, 3.8) is 0 Å². The number of carbonyl (C=O) groups is 2. The molecule has 2 aromatic rings. The summed E-state index contributed by atoms with van der Waals surface area (Å²) in [6.07, 6.45) is 1.63. The lowest BCUT2D eigenvalue weighted by molar-refractivity contribution is 0.0695. The molecule has 0 aliphatic carbocycles. The molecule has 0 spiro atoms. The minimum atomic E-state index is -1.01. The van der Waals surface area contributed by atoms with E-state index in [1.54, 1.807) is 24.4 Å². The zero-order chi connectivity index (χ0) is 14.0. The first kappa shape index (κ1) is 13.3. The quantitative estimate of drug-likeness (QED) is 0.900. The van der Waals surface area contributed by atoms with Crippen LogP contribution in [0.25, 0.3) is 5.69 Å². The fourth-order valence-corrected chi connectivity index (χ4v) is 2.07. The van der Waals surface area contributed by atoms with Gasteiger partial charge < -0.3 is 10.4 Å². The molecule has 2 N–H and O–H groups in total. The molecule has 0 bridgehead atoms. The summed E-state index contributed by atoms with van der Waals surface area (Å²) in [7, 11) is 1.53. The van der Waals surface area contributed by atoms with E-state index >= 15 is 0 Å². The Bertz CT molecular complexity index is 651. The molecule has 1 amide bonds. The highest BCUT2D eigenvalue weighted by atomic mass is 79.9. The maximum absolute atomic E-state index is 11.4. The van der Waals surface area contributed by atoms with Gasteiger partial charge >= 0.3 is 5.97 Å². The molecule has 19 heavy (non-hydrogen) atoms. The van der Waals surface area contributed by atoms with Crippen molar-refractivity contribution in [2.75, 3.05) is 7.05 Å². The molecule has 1 aromatic carbocycles. The number of hydrogen-bond donors (Lipinski definition) is 2. The smallest absolute Gasteiger partial charge is 0.336 e. The molecular formula is C12H10BrN3O3. The Kier molecular flexibility index (Phi) is 3.66. The highest BCUT2D eigenvalue weighted by molar-refractivity contribution is 9.10. The largest absolute Gasteiger partial charge is 0.478 e. The summed E-state index contributed by atoms with van der Waals surface area (Å²) >= 11 is 3.19. The molecular weight excluding hydrogens is 314 g/mol. The van der Waals surface area contributed by atoms with Gasteiger partial charge in [-0.05, 0) is 40.2 Å². The Balaban J connectivity index is 2.37. The van der Waals surface area contributed by atoms with Crippen LogP contribution in [0.4, 0.5) is 0 Å². The first-order valence-electron chi connectivity index (χ1n) is 5.34. The number of hydrogen-bond acceptors (Lipinski definition) is 3. The predicted octanol–water partition coefficient (Wildman–Crippen LogP) is 1.69. The predicted molar refractivity (Wildman–Crippen MR) is 71.6 cm³/mol. The Hall–Kier alpha value is -2.15. The van der Waals surface area contributed by atoms with Gasteiger partial charge in [0.25, 0.3) is 5.91 Å². The molecule has 6 nitrogen and oxygen atoms in total. The lowest BCUT2D eigenvalue weighted by atomic mass is 10.2. The summed E-state index contributed by atoms with van der Waals surface area (Å²) in [6.45, 7) is 0. The van der Waals surface area contributed by atoms with E-state index < -0.39 is 5.97 Å². The summed E-state index contributed by atoms with van der Waals surface area (Å²) in [5, 5.41) is 15.5. The number of benzene rings is 1. The second-order valence-corrected chi connectivity index (χ2v) is 4.55. The summed E-state index contributed by atoms with van der Waals surface area (Å²) in [5.41, 5.74) is 1.12. The molecule has 0 radical (unpaired) electrons. The summed E-state index contributed by atoms with van der Waals surface area (Å²) in [6, 6.07) is 6.31. The molecule has 7 heteroatoms. The van der Waals surface area contributed by atoms with Crippen LogP contribution in [0.15, 0.2) is 34.9 Å². The molecule has 2 rings (SSSR count). The van der Waals surface area contributed by atoms with E-state index in [1.165, 1.54) is 17.8 Å². The van der Waals surface area contributed by atoms with Gasteiger partial charge in [0, 0.05) is 17.7 Å². The summed E-state index contributed by atoms with van der Waals surface area (Å²) < 4.78 is 1.95. The molecule has 0 fully saturated rings. The monoisotopic (exact) mass is 323 g/mol. The Morgan fingerprint density at radius 1 is 1.37 bits per heavy atom. The topological polar surface area (TPSA) is 84.2 Å². The fraction of sp³-hybridized carbons (Fsp3) is 0.0833. The molecule has 0 saturated heterocycles. The number of nitrogens with one attached hydrogen (secondary N) is 1. The molecule has 1 aromatic heterocycles. The highest BCUT2D eigenvalue weighted by Gasteiger charge is 2.11. The first-order chi connectivity index (χ1) is 9.02. The Labute approximate surface area is 117 Å². The number of nitrogens with zero attached hydrogens (tertiary/aromatic N) is 2. The van der Waals surface area contributed by atoms with Gasteiger partial charge in [-0.2, -0.15) is 5.10 Å². The molecule has 0 atom stereocenters. The third kappa shape index (κ3) is 2.65. The van der Waals surface area contributed by atoms with Crippen molar-refractivity contribution < 1.29 is 14.7 Å². The number of carboxylic acids is 1. The van der Waals surface area contributed by atoms with E-state index in [2.05, 4.69) is 26.3 Å². The van der Waals surface area contributed by atoms with Crippen molar-refractivity contribution in [3.8, 4) is 5.69 Å². The van der Waals surface area contributed by atoms with Crippen molar-refractivity contribution in [2.24, 2.45) is 0 Å². The minimum absolute atomic E-state index is 0.169. The van der Waals surface area contributed by atoms with Crippen LogP contribution < -0.4 is 5.32 Å². The lowest BCUT2D eigenvalue weighted by Crippen LogP contribution is -2.18. The van der Waals surface area contributed by atoms with Crippen LogP contribution in [0.5, 0.6) is 0 Å². The van der Waals surface area contributed by atoms with Gasteiger partial charge in [0.15, 0.2) is 5.69 Å². The second-order valence-electron chi connectivity index (χ2n) is 3.69. The number of aromatic carboxylic acids is 1. The number of rotatable bonds is 3. The van der Waals surface area contributed by atoms with Crippen molar-refractivity contribution >= 4 is 27.8 Å². The molecule has 0 aliphatic rings. The van der Waals surface area contributed by atoms with Gasteiger partial charge in [-0.3, -0.25) is 4.79 Å². The minimum Gasteiger partial charge on any atom is -0.478 e.